The summed E-state index contributed by atoms with van der Waals surface area (Å²) in [6.45, 7) is 1.91. The van der Waals surface area contributed by atoms with E-state index in [2.05, 4.69) is 15.0 Å². The van der Waals surface area contributed by atoms with Crippen molar-refractivity contribution in [2.24, 2.45) is 0 Å². The molecule has 1 aromatic heterocycles. The van der Waals surface area contributed by atoms with Crippen LogP contribution in [0, 0.1) is 5.82 Å². The van der Waals surface area contributed by atoms with Crippen LogP contribution in [0.4, 0.5) is 4.39 Å². The van der Waals surface area contributed by atoms with Crippen LogP contribution >= 0.6 is 0 Å². The number of pyridine rings is 1. The number of halogens is 1. The van der Waals surface area contributed by atoms with Gasteiger partial charge in [0.05, 0.1) is 19.9 Å². The van der Waals surface area contributed by atoms with Gasteiger partial charge in [-0.05, 0) is 18.6 Å². The smallest absolute Gasteiger partial charge is 0.319 e. The summed E-state index contributed by atoms with van der Waals surface area (Å²) in [4.78, 5) is 14.6. The number of hydrogen-bond donors (Lipinski definition) is 1. The number of nitrogens with zero attached hydrogens (tertiary/aromatic N) is 1. The Hall–Kier alpha value is -1.49. The Balaban J connectivity index is 2.53. The summed E-state index contributed by atoms with van der Waals surface area (Å²) in [5, 5.41) is 2.90. The quantitative estimate of drug-likeness (QED) is 0.758. The molecule has 0 amide bonds. The van der Waals surface area contributed by atoms with Crippen LogP contribution in [0.15, 0.2) is 18.5 Å². The Morgan fingerprint density at radius 2 is 2.40 bits per heavy atom. The number of ether oxygens (including phenoxy) is 1. The lowest BCUT2D eigenvalue weighted by atomic mass is 10.1. The number of rotatable bonds is 4. The van der Waals surface area contributed by atoms with Crippen LogP contribution in [-0.4, -0.2) is 24.6 Å². The molecule has 1 aromatic rings. The van der Waals surface area contributed by atoms with Crippen LogP contribution in [0.5, 0.6) is 0 Å². The third kappa shape index (κ3) is 3.63. The Morgan fingerprint density at radius 3 is 3.00 bits per heavy atom. The molecule has 1 rings (SSSR count). The van der Waals surface area contributed by atoms with Crippen molar-refractivity contribution in [3.05, 3.63) is 29.8 Å². The molecule has 0 saturated heterocycles. The van der Waals surface area contributed by atoms with E-state index in [1.54, 1.807) is 6.20 Å². The van der Waals surface area contributed by atoms with Gasteiger partial charge < -0.3 is 10.1 Å². The van der Waals surface area contributed by atoms with Crippen molar-refractivity contribution in [2.75, 3.05) is 13.7 Å². The van der Waals surface area contributed by atoms with Gasteiger partial charge in [-0.15, -0.1) is 0 Å². The predicted molar refractivity (Wildman–Crippen MR) is 52.6 cm³/mol. The monoisotopic (exact) mass is 212 g/mol. The molecular weight excluding hydrogens is 199 g/mol. The van der Waals surface area contributed by atoms with Gasteiger partial charge in [0.1, 0.15) is 5.82 Å². The summed E-state index contributed by atoms with van der Waals surface area (Å²) in [5.41, 5.74) is 0.693. The molecule has 1 N–H and O–H groups in total. The number of carbonyl (C=O) groups excluding carboxylic acids is 1. The highest BCUT2D eigenvalue weighted by molar-refractivity contribution is 5.71. The summed E-state index contributed by atoms with van der Waals surface area (Å²) in [6, 6.07) is 1.23. The molecule has 1 heterocycles. The minimum atomic E-state index is -0.390. The maximum absolute atomic E-state index is 12.8. The number of hydrogen-bond acceptors (Lipinski definition) is 4. The third-order valence-corrected chi connectivity index (χ3v) is 2.01. The maximum atomic E-state index is 12.8. The molecule has 15 heavy (non-hydrogen) atoms. The van der Waals surface area contributed by atoms with Crippen molar-refractivity contribution >= 4 is 5.97 Å². The van der Waals surface area contributed by atoms with Crippen molar-refractivity contribution < 1.29 is 13.9 Å². The second-order valence-electron chi connectivity index (χ2n) is 3.12. The summed E-state index contributed by atoms with van der Waals surface area (Å²) in [5.74, 6) is -0.745. The first-order valence-electron chi connectivity index (χ1n) is 4.54. The lowest BCUT2D eigenvalue weighted by molar-refractivity contribution is -0.139. The molecule has 1 unspecified atom stereocenters. The van der Waals surface area contributed by atoms with Gasteiger partial charge in [0.2, 0.25) is 0 Å². The number of esters is 1. The molecular formula is C10H13FN2O2. The predicted octanol–water partition coefficient (Wildman–Crippen LogP) is 1.04. The van der Waals surface area contributed by atoms with Crippen molar-refractivity contribution in [1.82, 2.24) is 10.3 Å². The normalized spacial score (nSPS) is 12.2. The zero-order chi connectivity index (χ0) is 11.3. The fourth-order valence-electron chi connectivity index (χ4n) is 1.09. The first-order chi connectivity index (χ1) is 7.13. The van der Waals surface area contributed by atoms with Gasteiger partial charge in [-0.1, -0.05) is 0 Å². The van der Waals surface area contributed by atoms with Crippen LogP contribution in [0.1, 0.15) is 18.5 Å². The lowest BCUT2D eigenvalue weighted by Crippen LogP contribution is -2.26. The van der Waals surface area contributed by atoms with Gasteiger partial charge in [0, 0.05) is 12.2 Å². The zero-order valence-corrected chi connectivity index (χ0v) is 8.66. The van der Waals surface area contributed by atoms with Gasteiger partial charge in [0.15, 0.2) is 0 Å². The molecule has 0 bridgehead atoms. The Kier molecular flexibility index (Phi) is 4.17. The first kappa shape index (κ1) is 11.6. The standard InChI is InChI=1S/C10H13FN2O2/c1-7(13-6-10(14)15-2)8-3-9(11)5-12-4-8/h3-5,7,13H,6H2,1-2H3. The number of nitrogens with one attached hydrogen (secondary N) is 1. The molecule has 0 radical (unpaired) electrons. The first-order valence-corrected chi connectivity index (χ1v) is 4.54. The summed E-state index contributed by atoms with van der Waals surface area (Å²) in [6.07, 6.45) is 2.69. The minimum absolute atomic E-state index is 0.0914. The fraction of sp³-hybridized carbons (Fsp3) is 0.400. The molecule has 5 heteroatoms. The zero-order valence-electron chi connectivity index (χ0n) is 8.66. The van der Waals surface area contributed by atoms with Gasteiger partial charge in [0.25, 0.3) is 0 Å². The highest BCUT2D eigenvalue weighted by atomic mass is 19.1. The fourth-order valence-corrected chi connectivity index (χ4v) is 1.09. The Morgan fingerprint density at radius 1 is 1.67 bits per heavy atom. The lowest BCUT2D eigenvalue weighted by Gasteiger charge is -2.12. The van der Waals surface area contributed by atoms with Crippen LogP contribution in [-0.2, 0) is 9.53 Å². The van der Waals surface area contributed by atoms with Gasteiger partial charge in [-0.2, -0.15) is 0 Å². The van der Waals surface area contributed by atoms with Crippen molar-refractivity contribution in [2.45, 2.75) is 13.0 Å². The molecule has 0 fully saturated rings. The third-order valence-electron chi connectivity index (χ3n) is 2.01. The molecule has 82 valence electrons. The van der Waals surface area contributed by atoms with Crippen LogP contribution in [0.25, 0.3) is 0 Å². The minimum Gasteiger partial charge on any atom is -0.468 e. The average Bonchev–Trinajstić information content (AvgIpc) is 2.25. The van der Waals surface area contributed by atoms with Crippen LogP contribution in [0.2, 0.25) is 0 Å². The van der Waals surface area contributed by atoms with E-state index in [0.717, 1.165) is 6.20 Å². The molecule has 1 atom stereocenters. The second kappa shape index (κ2) is 5.41. The van der Waals surface area contributed by atoms with E-state index in [4.69, 9.17) is 0 Å². The van der Waals surface area contributed by atoms with E-state index in [1.165, 1.54) is 13.2 Å². The SMILES string of the molecule is COC(=O)CNC(C)c1cncc(F)c1. The molecule has 0 aliphatic carbocycles. The van der Waals surface area contributed by atoms with E-state index in [1.807, 2.05) is 6.92 Å². The van der Waals surface area contributed by atoms with E-state index >= 15 is 0 Å². The van der Waals surface area contributed by atoms with Gasteiger partial charge in [-0.3, -0.25) is 9.78 Å². The second-order valence-corrected chi connectivity index (χ2v) is 3.12. The highest BCUT2D eigenvalue weighted by Crippen LogP contribution is 2.11. The van der Waals surface area contributed by atoms with Crippen LogP contribution < -0.4 is 5.32 Å². The molecule has 4 nitrogen and oxygen atoms in total. The average molecular weight is 212 g/mol. The van der Waals surface area contributed by atoms with Crippen molar-refractivity contribution in [3.63, 3.8) is 0 Å². The molecule has 0 aromatic carbocycles. The van der Waals surface area contributed by atoms with Crippen molar-refractivity contribution in [1.29, 1.82) is 0 Å². The van der Waals surface area contributed by atoms with E-state index in [0.29, 0.717) is 5.56 Å². The molecule has 0 aliphatic rings. The van der Waals surface area contributed by atoms with E-state index in [-0.39, 0.29) is 24.4 Å². The number of carbonyl (C=O) groups is 1. The van der Waals surface area contributed by atoms with Crippen LogP contribution in [0.3, 0.4) is 0 Å². The van der Waals surface area contributed by atoms with Gasteiger partial charge >= 0.3 is 5.97 Å². The van der Waals surface area contributed by atoms with Crippen molar-refractivity contribution in [3.8, 4) is 0 Å². The largest absolute Gasteiger partial charge is 0.468 e. The summed E-state index contributed by atoms with van der Waals surface area (Å²) < 4.78 is 17.3. The van der Waals surface area contributed by atoms with E-state index in [9.17, 15) is 9.18 Å². The topological polar surface area (TPSA) is 51.2 Å². The summed E-state index contributed by atoms with van der Waals surface area (Å²) >= 11 is 0. The Labute approximate surface area is 87.5 Å². The van der Waals surface area contributed by atoms with E-state index < -0.39 is 0 Å². The van der Waals surface area contributed by atoms with Gasteiger partial charge in [-0.25, -0.2) is 4.39 Å². The molecule has 0 saturated carbocycles. The summed E-state index contributed by atoms with van der Waals surface area (Å²) in [7, 11) is 1.32. The highest BCUT2D eigenvalue weighted by Gasteiger charge is 2.08. The number of aromatic nitrogens is 1. The molecule has 0 spiro atoms. The Bertz CT molecular complexity index is 344. The number of methoxy groups -OCH3 is 1. The molecule has 0 aliphatic heterocycles. The maximum Gasteiger partial charge on any atom is 0.319 e.